The lowest BCUT2D eigenvalue weighted by Crippen LogP contribution is -2.20. The van der Waals surface area contributed by atoms with E-state index in [1.165, 1.54) is 36.2 Å². The van der Waals surface area contributed by atoms with Crippen LogP contribution in [0.15, 0.2) is 30.6 Å². The lowest BCUT2D eigenvalue weighted by molar-refractivity contribution is 0.0216. The van der Waals surface area contributed by atoms with Crippen molar-refractivity contribution in [3.63, 3.8) is 0 Å². The van der Waals surface area contributed by atoms with Crippen LogP contribution in [0.3, 0.4) is 0 Å². The number of aromatic nitrogens is 2. The van der Waals surface area contributed by atoms with E-state index in [1.54, 1.807) is 6.33 Å². The zero-order valence-electron chi connectivity index (χ0n) is 17.7. The number of hydrogen-bond acceptors (Lipinski definition) is 6. The number of aryl methyl sites for hydroxylation is 2. The second-order valence-corrected chi connectivity index (χ2v) is 9.05. The summed E-state index contributed by atoms with van der Waals surface area (Å²) in [5.74, 6) is 0.500. The normalized spacial score (nSPS) is 14.7. The summed E-state index contributed by atoms with van der Waals surface area (Å²) in [4.78, 5) is 23.1. The van der Waals surface area contributed by atoms with Crippen LogP contribution in [0.4, 0.5) is 11.5 Å². The maximum absolute atomic E-state index is 12.8. The number of fused-ring (bicyclic) bond motifs is 1. The third-order valence-corrected chi connectivity index (χ3v) is 6.95. The molecule has 0 unspecified atom stereocenters. The zero-order valence-corrected chi connectivity index (χ0v) is 18.6. The Hall–Kier alpha value is -2.47. The number of thiophene rings is 1. The van der Waals surface area contributed by atoms with Crippen molar-refractivity contribution in [2.45, 2.75) is 71.3 Å². The maximum Gasteiger partial charge on any atom is 0.348 e. The van der Waals surface area contributed by atoms with Gasteiger partial charge in [-0.3, -0.25) is 0 Å². The topological polar surface area (TPSA) is 64.1 Å². The summed E-state index contributed by atoms with van der Waals surface area (Å²) in [7, 11) is 0. The average molecular weight is 424 g/mol. The van der Waals surface area contributed by atoms with Gasteiger partial charge in [-0.15, -0.1) is 11.3 Å². The number of hydrogen-bond donors (Lipinski definition) is 1. The van der Waals surface area contributed by atoms with E-state index in [2.05, 4.69) is 46.5 Å². The van der Waals surface area contributed by atoms with Gasteiger partial charge >= 0.3 is 5.97 Å². The van der Waals surface area contributed by atoms with Crippen molar-refractivity contribution in [2.24, 2.45) is 0 Å². The van der Waals surface area contributed by atoms with E-state index in [9.17, 15) is 4.79 Å². The molecule has 4 rings (SSSR count). The fourth-order valence-corrected chi connectivity index (χ4v) is 5.05. The molecule has 3 aromatic rings. The van der Waals surface area contributed by atoms with E-state index in [-0.39, 0.29) is 12.1 Å². The number of unbranched alkanes of at least 4 members (excludes halogenated alkanes) is 1. The molecule has 30 heavy (non-hydrogen) atoms. The number of benzene rings is 1. The van der Waals surface area contributed by atoms with Crippen LogP contribution < -0.4 is 5.32 Å². The Kier molecular flexibility index (Phi) is 6.62. The molecule has 2 heterocycles. The Labute approximate surface area is 181 Å². The summed E-state index contributed by atoms with van der Waals surface area (Å²) in [6.07, 6.45) is 10.5. The molecule has 1 N–H and O–H groups in total. The van der Waals surface area contributed by atoms with Gasteiger partial charge in [-0.25, -0.2) is 14.8 Å². The molecule has 1 aliphatic carbocycles. The first kappa shape index (κ1) is 20.8. The predicted molar refractivity (Wildman–Crippen MR) is 123 cm³/mol. The second-order valence-electron chi connectivity index (χ2n) is 8.05. The van der Waals surface area contributed by atoms with Crippen LogP contribution >= 0.6 is 11.3 Å². The van der Waals surface area contributed by atoms with Crippen molar-refractivity contribution < 1.29 is 9.53 Å². The highest BCUT2D eigenvalue weighted by Gasteiger charge is 2.24. The van der Waals surface area contributed by atoms with Crippen LogP contribution in [0.5, 0.6) is 0 Å². The smallest absolute Gasteiger partial charge is 0.348 e. The number of rotatable bonds is 7. The van der Waals surface area contributed by atoms with Gasteiger partial charge in [-0.05, 0) is 68.7 Å². The first-order valence-corrected chi connectivity index (χ1v) is 11.8. The molecule has 0 spiro atoms. The highest BCUT2D eigenvalue weighted by Crippen LogP contribution is 2.35. The lowest BCUT2D eigenvalue weighted by Gasteiger charge is -2.21. The van der Waals surface area contributed by atoms with E-state index in [1.807, 2.05) is 6.92 Å². The number of anilines is 2. The highest BCUT2D eigenvalue weighted by atomic mass is 32.1. The van der Waals surface area contributed by atoms with Crippen molar-refractivity contribution in [1.82, 2.24) is 9.97 Å². The summed E-state index contributed by atoms with van der Waals surface area (Å²) < 4.78 is 5.79. The van der Waals surface area contributed by atoms with Gasteiger partial charge in [0.25, 0.3) is 0 Å². The fraction of sp³-hybridized carbons (Fsp3) is 0.458. The van der Waals surface area contributed by atoms with Crippen molar-refractivity contribution in [3.05, 3.63) is 46.6 Å². The summed E-state index contributed by atoms with van der Waals surface area (Å²) in [5.41, 5.74) is 3.21. The first-order valence-electron chi connectivity index (χ1n) is 11.0. The molecule has 1 aliphatic rings. The monoisotopic (exact) mass is 423 g/mol. The SMILES string of the molecule is CCCCc1ccc(Nc2ncnc3sc(C(=O)OC4CCCCC4)c(C)c23)cc1. The van der Waals surface area contributed by atoms with Crippen LogP contribution in [0.25, 0.3) is 10.2 Å². The number of esters is 1. The summed E-state index contributed by atoms with van der Waals surface area (Å²) in [5, 5.41) is 4.30. The van der Waals surface area contributed by atoms with Crippen LogP contribution in [0, 0.1) is 6.92 Å². The second kappa shape index (κ2) is 9.56. The Morgan fingerprint density at radius 1 is 1.17 bits per heavy atom. The number of nitrogens with zero attached hydrogens (tertiary/aromatic N) is 2. The molecule has 0 radical (unpaired) electrons. The van der Waals surface area contributed by atoms with E-state index in [0.717, 1.165) is 59.4 Å². The van der Waals surface area contributed by atoms with Crippen molar-refractivity contribution in [1.29, 1.82) is 0 Å². The summed E-state index contributed by atoms with van der Waals surface area (Å²) >= 11 is 1.39. The molecule has 2 aromatic heterocycles. The zero-order chi connectivity index (χ0) is 20.9. The maximum atomic E-state index is 12.8. The van der Waals surface area contributed by atoms with E-state index < -0.39 is 0 Å². The molecule has 158 valence electrons. The Morgan fingerprint density at radius 2 is 1.93 bits per heavy atom. The van der Waals surface area contributed by atoms with Gasteiger partial charge in [0, 0.05) is 5.69 Å². The van der Waals surface area contributed by atoms with Crippen molar-refractivity contribution >= 4 is 39.0 Å². The standard InChI is InChI=1S/C24H29N3O2S/c1-3-4-8-17-11-13-18(14-12-17)27-22-20-16(2)21(30-23(20)26-15-25-22)24(28)29-19-9-6-5-7-10-19/h11-15,19H,3-10H2,1-2H3,(H,25,26,27). The predicted octanol–water partition coefficient (Wildman–Crippen LogP) is 6.58. The minimum atomic E-state index is -0.228. The third-order valence-electron chi connectivity index (χ3n) is 5.77. The van der Waals surface area contributed by atoms with Gasteiger partial charge in [0.2, 0.25) is 0 Å². The van der Waals surface area contributed by atoms with Crippen LogP contribution in [0.2, 0.25) is 0 Å². The molecule has 0 saturated heterocycles. The number of carbonyl (C=O) groups is 1. The first-order chi connectivity index (χ1) is 14.7. The Morgan fingerprint density at radius 3 is 2.67 bits per heavy atom. The van der Waals surface area contributed by atoms with Crippen molar-refractivity contribution in [2.75, 3.05) is 5.32 Å². The molecular weight excluding hydrogens is 394 g/mol. The molecule has 5 nitrogen and oxygen atoms in total. The molecule has 1 aromatic carbocycles. The molecule has 6 heteroatoms. The number of nitrogens with one attached hydrogen (secondary N) is 1. The summed E-state index contributed by atoms with van der Waals surface area (Å²) in [6, 6.07) is 8.48. The molecule has 1 saturated carbocycles. The van der Waals surface area contributed by atoms with Crippen molar-refractivity contribution in [3.8, 4) is 0 Å². The fourth-order valence-electron chi connectivity index (χ4n) is 4.02. The summed E-state index contributed by atoms with van der Waals surface area (Å²) in [6.45, 7) is 4.16. The van der Waals surface area contributed by atoms with E-state index in [0.29, 0.717) is 4.88 Å². The third kappa shape index (κ3) is 4.64. The van der Waals surface area contributed by atoms with Crippen LogP contribution in [-0.2, 0) is 11.2 Å². The van der Waals surface area contributed by atoms with Crippen LogP contribution in [0.1, 0.15) is 72.7 Å². The van der Waals surface area contributed by atoms with Gasteiger partial charge in [-0.2, -0.15) is 0 Å². The van der Waals surface area contributed by atoms with Gasteiger partial charge in [-0.1, -0.05) is 31.9 Å². The quantitative estimate of drug-likeness (QED) is 0.435. The molecule has 0 atom stereocenters. The highest BCUT2D eigenvalue weighted by molar-refractivity contribution is 7.20. The van der Waals surface area contributed by atoms with Gasteiger partial charge < -0.3 is 10.1 Å². The largest absolute Gasteiger partial charge is 0.458 e. The van der Waals surface area contributed by atoms with Gasteiger partial charge in [0.15, 0.2) is 0 Å². The van der Waals surface area contributed by atoms with Crippen LogP contribution in [-0.4, -0.2) is 22.0 Å². The molecule has 0 amide bonds. The minimum Gasteiger partial charge on any atom is -0.458 e. The number of ether oxygens (including phenoxy) is 1. The van der Waals surface area contributed by atoms with Gasteiger partial charge in [0.05, 0.1) is 5.39 Å². The Balaban J connectivity index is 1.55. The molecule has 1 fully saturated rings. The molecular formula is C24H29N3O2S. The lowest BCUT2D eigenvalue weighted by atomic mass is 9.98. The molecule has 0 bridgehead atoms. The minimum absolute atomic E-state index is 0.0470. The van der Waals surface area contributed by atoms with E-state index in [4.69, 9.17) is 4.74 Å². The molecule has 0 aliphatic heterocycles. The van der Waals surface area contributed by atoms with Gasteiger partial charge in [0.1, 0.15) is 28.0 Å². The average Bonchev–Trinajstić information content (AvgIpc) is 3.12. The van der Waals surface area contributed by atoms with E-state index >= 15 is 0 Å². The Bertz CT molecular complexity index is 1010. The number of carbonyl (C=O) groups excluding carboxylic acids is 1.